The lowest BCUT2D eigenvalue weighted by Gasteiger charge is -2.06. The van der Waals surface area contributed by atoms with E-state index in [9.17, 15) is 9.59 Å². The molecule has 2 aromatic rings. The number of hydrogen-bond donors (Lipinski definition) is 2. The van der Waals surface area contributed by atoms with E-state index in [1.54, 1.807) is 20.0 Å². The Morgan fingerprint density at radius 3 is 1.87 bits per heavy atom. The molecular formula is C16H19Br5N6O4. The highest BCUT2D eigenvalue weighted by molar-refractivity contribution is 9.11. The van der Waals surface area contributed by atoms with Crippen LogP contribution in [0.2, 0.25) is 0 Å². The van der Waals surface area contributed by atoms with Gasteiger partial charge in [0.1, 0.15) is 30.3 Å². The fraction of sp³-hybridized carbons (Fsp3) is 0.375. The van der Waals surface area contributed by atoms with E-state index in [0.29, 0.717) is 48.6 Å². The Morgan fingerprint density at radius 1 is 0.935 bits per heavy atom. The number of esters is 2. The van der Waals surface area contributed by atoms with E-state index in [0.717, 1.165) is 0 Å². The number of halogens is 5. The standard InChI is InChI=1S/C8H9Br2N3O2.C4H3Br2N3.C4H7BrO2/c1-2-15-6(14)4-12-8-7(10)13-5(9)3-11-8;5-2-1-8-4(7)3(6)9-2;1-2-7-4(6)3-5/h3H,2,4H2,1H3,(H,11,12);1H,(H2,7,8);2-3H2,1H3/i4+1,6+1;;3+1,4+1. The topological polar surface area (TPSA) is 142 Å². The van der Waals surface area contributed by atoms with Gasteiger partial charge in [-0.25, -0.2) is 19.9 Å². The van der Waals surface area contributed by atoms with Crippen LogP contribution in [0.1, 0.15) is 13.8 Å². The zero-order chi connectivity index (χ0) is 23.8. The lowest BCUT2D eigenvalue weighted by molar-refractivity contribution is -0.141. The molecule has 0 aromatic carbocycles. The molecule has 0 aliphatic heterocycles. The van der Waals surface area contributed by atoms with Gasteiger partial charge in [-0.2, -0.15) is 0 Å². The molecule has 0 aliphatic carbocycles. The second-order valence-electron chi connectivity index (χ2n) is 4.80. The van der Waals surface area contributed by atoms with E-state index in [1.807, 2.05) is 0 Å². The largest absolute Gasteiger partial charge is 0.465 e. The second-order valence-corrected chi connectivity index (χ2v) is 8.49. The first kappa shape index (κ1) is 30.1. The Hall–Kier alpha value is -0.900. The molecule has 0 atom stereocenters. The summed E-state index contributed by atoms with van der Waals surface area (Å²) in [6, 6.07) is 0. The number of rotatable bonds is 6. The van der Waals surface area contributed by atoms with Crippen LogP contribution in [0.3, 0.4) is 0 Å². The number of hydrogen-bond acceptors (Lipinski definition) is 10. The van der Waals surface area contributed by atoms with Gasteiger partial charge >= 0.3 is 11.9 Å². The Balaban J connectivity index is 0.000000479. The highest BCUT2D eigenvalue weighted by Gasteiger charge is 2.06. The van der Waals surface area contributed by atoms with E-state index in [-0.39, 0.29) is 18.5 Å². The number of aromatic nitrogens is 4. The van der Waals surface area contributed by atoms with Crippen LogP contribution in [0.5, 0.6) is 0 Å². The average molecular weight is 763 g/mol. The van der Waals surface area contributed by atoms with Gasteiger partial charge in [0.05, 0.1) is 25.6 Å². The summed E-state index contributed by atoms with van der Waals surface area (Å²) in [4.78, 5) is 37.0. The van der Waals surface area contributed by atoms with Crippen molar-refractivity contribution in [1.82, 2.24) is 19.9 Å². The molecule has 0 bridgehead atoms. The molecule has 15 heteroatoms. The lowest BCUT2D eigenvalue weighted by Crippen LogP contribution is -2.17. The number of alkyl halides is 1. The maximum Gasteiger partial charge on any atom is 0.325 e. The molecule has 0 unspecified atom stereocenters. The SMILES string of the molecule is CCO[13C](=O)[13CH2]Br.CCO[13C](=O)[13CH2]Nc1ncc(Br)nc1Br.Nc1ncc(Br)nc1Br. The van der Waals surface area contributed by atoms with Crippen molar-refractivity contribution in [2.24, 2.45) is 0 Å². The summed E-state index contributed by atoms with van der Waals surface area (Å²) in [6.45, 7) is 4.44. The molecule has 0 radical (unpaired) electrons. The third-order valence-corrected chi connectivity index (χ3v) is 4.91. The van der Waals surface area contributed by atoms with Gasteiger partial charge in [0.15, 0.2) is 11.6 Å². The number of nitrogens with two attached hydrogens (primary N) is 1. The number of ether oxygens (including phenoxy) is 2. The van der Waals surface area contributed by atoms with Crippen molar-refractivity contribution in [2.75, 3.05) is 36.1 Å². The molecule has 2 rings (SSSR count). The maximum atomic E-state index is 11.0. The van der Waals surface area contributed by atoms with Crippen molar-refractivity contribution in [3.63, 3.8) is 0 Å². The normalized spacial score (nSPS) is 9.39. The molecule has 2 heterocycles. The van der Waals surface area contributed by atoms with Crippen LogP contribution in [0, 0.1) is 0 Å². The maximum absolute atomic E-state index is 11.0. The van der Waals surface area contributed by atoms with Crippen LogP contribution in [0.4, 0.5) is 11.6 Å². The molecule has 2 aromatic heterocycles. The Kier molecular flexibility index (Phi) is 17.1. The van der Waals surface area contributed by atoms with E-state index in [4.69, 9.17) is 10.5 Å². The van der Waals surface area contributed by atoms with Crippen molar-refractivity contribution < 1.29 is 19.1 Å². The summed E-state index contributed by atoms with van der Waals surface area (Å²) < 4.78 is 11.7. The summed E-state index contributed by atoms with van der Waals surface area (Å²) >= 11 is 15.6. The molecule has 10 nitrogen and oxygen atoms in total. The summed E-state index contributed by atoms with van der Waals surface area (Å²) in [5, 5.41) is 3.10. The highest BCUT2D eigenvalue weighted by atomic mass is 79.9. The smallest absolute Gasteiger partial charge is 0.325 e. The van der Waals surface area contributed by atoms with Gasteiger partial charge in [0.2, 0.25) is 0 Å². The number of anilines is 2. The Labute approximate surface area is 221 Å². The van der Waals surface area contributed by atoms with Crippen molar-refractivity contribution in [3.05, 3.63) is 30.8 Å². The number of nitrogens with one attached hydrogen (secondary N) is 1. The average Bonchev–Trinajstić information content (AvgIpc) is 2.71. The van der Waals surface area contributed by atoms with Crippen LogP contribution < -0.4 is 11.1 Å². The summed E-state index contributed by atoms with van der Waals surface area (Å²) in [6.07, 6.45) is 3.08. The van der Waals surface area contributed by atoms with Gasteiger partial charge in [0, 0.05) is 0 Å². The van der Waals surface area contributed by atoms with Gasteiger partial charge in [-0.15, -0.1) is 0 Å². The monoisotopic (exact) mass is 758 g/mol. The van der Waals surface area contributed by atoms with Crippen molar-refractivity contribution in [1.29, 1.82) is 0 Å². The van der Waals surface area contributed by atoms with Crippen LogP contribution in [-0.2, 0) is 19.1 Å². The van der Waals surface area contributed by atoms with Gasteiger partial charge < -0.3 is 20.5 Å². The third-order valence-electron chi connectivity index (χ3n) is 2.55. The fourth-order valence-corrected chi connectivity index (χ4v) is 3.31. The number of carbonyl (C=O) groups excluding carboxylic acids is 2. The molecule has 0 saturated heterocycles. The van der Waals surface area contributed by atoms with Crippen molar-refractivity contribution in [2.45, 2.75) is 13.8 Å². The molecular weight excluding hydrogens is 744 g/mol. The van der Waals surface area contributed by atoms with Gasteiger partial charge in [0.25, 0.3) is 0 Å². The van der Waals surface area contributed by atoms with Crippen LogP contribution in [0.25, 0.3) is 0 Å². The van der Waals surface area contributed by atoms with E-state index >= 15 is 0 Å². The Morgan fingerprint density at radius 2 is 1.45 bits per heavy atom. The number of nitrogens with zero attached hydrogens (tertiary/aromatic N) is 4. The predicted octanol–water partition coefficient (Wildman–Crippen LogP) is 4.50. The van der Waals surface area contributed by atoms with Crippen molar-refractivity contribution >= 4 is 103 Å². The number of nitrogen functional groups attached to an aromatic ring is 1. The molecule has 0 amide bonds. The van der Waals surface area contributed by atoms with E-state index in [1.165, 1.54) is 6.20 Å². The molecule has 172 valence electrons. The molecule has 3 N–H and O–H groups in total. The Bertz CT molecular complexity index is 846. The van der Waals surface area contributed by atoms with E-state index in [2.05, 4.69) is 110 Å². The molecule has 31 heavy (non-hydrogen) atoms. The lowest BCUT2D eigenvalue weighted by atomic mass is 10.7. The second kappa shape index (κ2) is 17.6. The zero-order valence-electron chi connectivity index (χ0n) is 16.4. The zero-order valence-corrected chi connectivity index (χ0v) is 24.3. The molecule has 0 saturated carbocycles. The number of carbonyl (C=O) groups is 2. The van der Waals surface area contributed by atoms with Crippen LogP contribution in [-0.4, -0.2) is 57.0 Å². The quantitative estimate of drug-likeness (QED) is 0.246. The molecule has 0 spiro atoms. The van der Waals surface area contributed by atoms with Gasteiger partial charge in [-0.1, -0.05) is 15.9 Å². The molecule has 0 aliphatic rings. The minimum atomic E-state index is -0.325. The van der Waals surface area contributed by atoms with E-state index < -0.39 is 0 Å². The predicted molar refractivity (Wildman–Crippen MR) is 135 cm³/mol. The summed E-state index contributed by atoms with van der Waals surface area (Å²) in [7, 11) is 0. The minimum Gasteiger partial charge on any atom is -0.465 e. The fourth-order valence-electron chi connectivity index (χ4n) is 1.39. The minimum absolute atomic E-state index is 0.0722. The van der Waals surface area contributed by atoms with Crippen LogP contribution in [0.15, 0.2) is 30.8 Å². The van der Waals surface area contributed by atoms with Crippen LogP contribution >= 0.6 is 79.6 Å². The van der Waals surface area contributed by atoms with Gasteiger partial charge in [-0.05, 0) is 77.6 Å². The van der Waals surface area contributed by atoms with Gasteiger partial charge in [-0.3, -0.25) is 9.59 Å². The first-order valence-corrected chi connectivity index (χ1v) is 12.7. The third kappa shape index (κ3) is 14.7. The molecule has 0 fully saturated rings. The summed E-state index contributed by atoms with van der Waals surface area (Å²) in [5.41, 5.74) is 5.35. The first-order valence-electron chi connectivity index (χ1n) is 8.37. The summed E-state index contributed by atoms with van der Waals surface area (Å²) in [5.74, 6) is 0.376. The highest BCUT2D eigenvalue weighted by Crippen LogP contribution is 2.19. The van der Waals surface area contributed by atoms with Crippen molar-refractivity contribution in [3.8, 4) is 0 Å². The first-order chi connectivity index (χ1) is 14.6.